The minimum absolute atomic E-state index is 0.508. The average molecular weight is 217 g/mol. The lowest BCUT2D eigenvalue weighted by Gasteiger charge is -2.04. The molecule has 1 nitrogen and oxygen atoms in total. The summed E-state index contributed by atoms with van der Waals surface area (Å²) in [5.41, 5.74) is 2.70. The molecule has 0 saturated heterocycles. The fraction of sp³-hybridized carbons (Fsp3) is 0. The number of carbonyl (C=O) groups is 1. The van der Waals surface area contributed by atoms with Crippen LogP contribution in [0.15, 0.2) is 48.0 Å². The van der Waals surface area contributed by atoms with Crippen LogP contribution in [0.3, 0.4) is 0 Å². The Hall–Kier alpha value is -1.60. The number of hydrogen-bond donors (Lipinski definition) is 0. The van der Waals surface area contributed by atoms with E-state index < -0.39 is 0 Å². The van der Waals surface area contributed by atoms with Crippen molar-refractivity contribution in [1.29, 1.82) is 0 Å². The van der Waals surface area contributed by atoms with Gasteiger partial charge in [0.2, 0.25) is 0 Å². The second kappa shape index (κ2) is 4.28. The molecule has 0 aliphatic rings. The monoisotopic (exact) mass is 216 g/mol. The average Bonchev–Trinajstić information content (AvgIpc) is 2.31. The lowest BCUT2D eigenvalue weighted by atomic mass is 10.0. The third kappa shape index (κ3) is 1.79. The van der Waals surface area contributed by atoms with Gasteiger partial charge in [0.05, 0.1) is 0 Å². The maximum absolute atomic E-state index is 10.8. The zero-order valence-corrected chi connectivity index (χ0v) is 8.74. The van der Waals surface area contributed by atoms with Crippen LogP contribution in [0.4, 0.5) is 0 Å². The third-order valence-corrected chi connectivity index (χ3v) is 2.58. The zero-order valence-electron chi connectivity index (χ0n) is 7.98. The summed E-state index contributed by atoms with van der Waals surface area (Å²) in [5.74, 6) is 0. The van der Waals surface area contributed by atoms with Crippen LogP contribution < -0.4 is 0 Å². The second-order valence-electron chi connectivity index (χ2n) is 3.21. The normalized spacial score (nSPS) is 11.7. The Morgan fingerprint density at radius 1 is 1.07 bits per heavy atom. The lowest BCUT2D eigenvalue weighted by Crippen LogP contribution is -1.86. The molecule has 0 saturated carbocycles. The van der Waals surface area contributed by atoms with Gasteiger partial charge in [-0.15, -0.1) is 0 Å². The van der Waals surface area contributed by atoms with E-state index in [1.165, 1.54) is 5.54 Å². The highest BCUT2D eigenvalue weighted by molar-refractivity contribution is 6.33. The molecule has 74 valence electrons. The molecule has 0 aliphatic carbocycles. The smallest absolute Gasteiger partial charge is 0.151 e. The fourth-order valence-electron chi connectivity index (χ4n) is 1.63. The van der Waals surface area contributed by atoms with Crippen LogP contribution >= 0.6 is 11.6 Å². The van der Waals surface area contributed by atoms with Crippen molar-refractivity contribution in [3.8, 4) is 0 Å². The first-order valence-corrected chi connectivity index (χ1v) is 5.04. The minimum atomic E-state index is 0.508. The molecule has 2 aromatic carbocycles. The molecule has 2 rings (SSSR count). The summed E-state index contributed by atoms with van der Waals surface area (Å²) in [6, 6.07) is 13.7. The van der Waals surface area contributed by atoms with Crippen molar-refractivity contribution in [2.75, 3.05) is 0 Å². The van der Waals surface area contributed by atoms with Crippen LogP contribution in [0.1, 0.15) is 5.56 Å². The molecule has 0 fully saturated rings. The number of aldehydes is 1. The standard InChI is InChI=1S/C13H9ClO/c14-8-11(9-15)13-7-3-5-10-4-1-2-6-12(10)13/h1-9H/b11-8+. The Labute approximate surface area is 93.0 Å². The molecule has 0 spiro atoms. The SMILES string of the molecule is O=C/C(=C\Cl)c1cccc2ccccc12. The van der Waals surface area contributed by atoms with E-state index in [1.807, 2.05) is 42.5 Å². The van der Waals surface area contributed by atoms with Crippen molar-refractivity contribution in [3.05, 3.63) is 53.6 Å². The van der Waals surface area contributed by atoms with Gasteiger partial charge in [-0.25, -0.2) is 0 Å². The number of rotatable bonds is 2. The maximum Gasteiger partial charge on any atom is 0.151 e. The summed E-state index contributed by atoms with van der Waals surface area (Å²) in [5, 5.41) is 2.15. The lowest BCUT2D eigenvalue weighted by molar-refractivity contribution is -0.103. The molecule has 0 unspecified atom stereocenters. The van der Waals surface area contributed by atoms with Crippen LogP contribution in [0, 0.1) is 0 Å². The highest BCUT2D eigenvalue weighted by atomic mass is 35.5. The number of benzene rings is 2. The third-order valence-electron chi connectivity index (χ3n) is 2.35. The molecular formula is C13H9ClO. The number of allylic oxidation sites excluding steroid dienone is 1. The van der Waals surface area contributed by atoms with E-state index in [0.29, 0.717) is 5.57 Å². The Morgan fingerprint density at radius 3 is 2.53 bits per heavy atom. The molecule has 0 heterocycles. The van der Waals surface area contributed by atoms with Crippen molar-refractivity contribution in [2.24, 2.45) is 0 Å². The molecule has 0 amide bonds. The summed E-state index contributed by atoms with van der Waals surface area (Å²) in [7, 11) is 0. The first-order chi connectivity index (χ1) is 7.36. The molecule has 0 N–H and O–H groups in total. The molecule has 0 atom stereocenters. The molecule has 0 bridgehead atoms. The van der Waals surface area contributed by atoms with Gasteiger partial charge in [0, 0.05) is 11.1 Å². The van der Waals surface area contributed by atoms with Gasteiger partial charge in [-0.1, -0.05) is 54.1 Å². The van der Waals surface area contributed by atoms with Crippen molar-refractivity contribution < 1.29 is 4.79 Å². The first kappa shape index (κ1) is 9.94. The van der Waals surface area contributed by atoms with Crippen LogP contribution in [-0.2, 0) is 4.79 Å². The zero-order chi connectivity index (χ0) is 10.7. The summed E-state index contributed by atoms with van der Waals surface area (Å²) in [4.78, 5) is 10.8. The van der Waals surface area contributed by atoms with Gasteiger partial charge in [0.25, 0.3) is 0 Å². The Bertz CT molecular complexity index is 524. The Morgan fingerprint density at radius 2 is 1.80 bits per heavy atom. The number of hydrogen-bond acceptors (Lipinski definition) is 1. The van der Waals surface area contributed by atoms with Gasteiger partial charge in [0.1, 0.15) is 0 Å². The quantitative estimate of drug-likeness (QED) is 0.554. The predicted octanol–water partition coefficient (Wildman–Crippen LogP) is 3.62. The number of halogens is 1. The van der Waals surface area contributed by atoms with Crippen molar-refractivity contribution >= 4 is 34.2 Å². The van der Waals surface area contributed by atoms with E-state index in [-0.39, 0.29) is 0 Å². The van der Waals surface area contributed by atoms with E-state index >= 15 is 0 Å². The van der Waals surface area contributed by atoms with Crippen molar-refractivity contribution in [3.63, 3.8) is 0 Å². The number of carbonyl (C=O) groups excluding carboxylic acids is 1. The van der Waals surface area contributed by atoms with E-state index in [9.17, 15) is 4.79 Å². The van der Waals surface area contributed by atoms with Crippen LogP contribution in [0.2, 0.25) is 0 Å². The van der Waals surface area contributed by atoms with Crippen LogP contribution in [-0.4, -0.2) is 6.29 Å². The summed E-state index contributed by atoms with van der Waals surface area (Å²) in [6.45, 7) is 0. The number of fused-ring (bicyclic) bond motifs is 1. The Balaban J connectivity index is 2.76. The molecule has 2 heteroatoms. The summed E-state index contributed by atoms with van der Waals surface area (Å²) in [6.07, 6.45) is 0.773. The highest BCUT2D eigenvalue weighted by Gasteiger charge is 2.04. The maximum atomic E-state index is 10.8. The Kier molecular flexibility index (Phi) is 2.84. The molecule has 0 aliphatic heterocycles. The second-order valence-corrected chi connectivity index (χ2v) is 3.43. The molecule has 2 aromatic rings. The van der Waals surface area contributed by atoms with Gasteiger partial charge in [-0.05, 0) is 16.3 Å². The van der Waals surface area contributed by atoms with Crippen molar-refractivity contribution in [1.82, 2.24) is 0 Å². The van der Waals surface area contributed by atoms with Gasteiger partial charge < -0.3 is 0 Å². The topological polar surface area (TPSA) is 17.1 Å². The van der Waals surface area contributed by atoms with Gasteiger partial charge in [-0.2, -0.15) is 0 Å². The van der Waals surface area contributed by atoms with Gasteiger partial charge in [0.15, 0.2) is 6.29 Å². The van der Waals surface area contributed by atoms with Gasteiger partial charge >= 0.3 is 0 Å². The largest absolute Gasteiger partial charge is 0.298 e. The molecule has 0 radical (unpaired) electrons. The summed E-state index contributed by atoms with van der Waals surface area (Å²) >= 11 is 5.61. The molecular weight excluding hydrogens is 208 g/mol. The molecule has 0 aromatic heterocycles. The summed E-state index contributed by atoms with van der Waals surface area (Å²) < 4.78 is 0. The minimum Gasteiger partial charge on any atom is -0.298 e. The molecule has 15 heavy (non-hydrogen) atoms. The predicted molar refractivity (Wildman–Crippen MR) is 63.8 cm³/mol. The highest BCUT2D eigenvalue weighted by Crippen LogP contribution is 2.24. The van der Waals surface area contributed by atoms with Gasteiger partial charge in [-0.3, -0.25) is 4.79 Å². The van der Waals surface area contributed by atoms with E-state index in [1.54, 1.807) is 0 Å². The van der Waals surface area contributed by atoms with E-state index in [4.69, 9.17) is 11.6 Å². The van der Waals surface area contributed by atoms with Crippen molar-refractivity contribution in [2.45, 2.75) is 0 Å². The fourth-order valence-corrected chi connectivity index (χ4v) is 1.79. The first-order valence-electron chi connectivity index (χ1n) is 4.60. The van der Waals surface area contributed by atoms with E-state index in [2.05, 4.69) is 0 Å². The van der Waals surface area contributed by atoms with Crippen LogP contribution in [0.25, 0.3) is 16.3 Å². The van der Waals surface area contributed by atoms with E-state index in [0.717, 1.165) is 22.6 Å². The van der Waals surface area contributed by atoms with Crippen LogP contribution in [0.5, 0.6) is 0 Å².